The molecule has 0 saturated carbocycles. The molecule has 0 bridgehead atoms. The van der Waals surface area contributed by atoms with Crippen LogP contribution in [-0.4, -0.2) is 36.1 Å². The lowest BCUT2D eigenvalue weighted by Gasteiger charge is -2.11. The first-order valence-electron chi connectivity index (χ1n) is 8.34. The van der Waals surface area contributed by atoms with Crippen molar-refractivity contribution in [2.45, 2.75) is 6.92 Å². The summed E-state index contributed by atoms with van der Waals surface area (Å²) in [6, 6.07) is 9.08. The number of carboxylic acid groups (broad SMARTS) is 1. The Kier molecular flexibility index (Phi) is 4.31. The normalized spacial score (nSPS) is 10.8. The molecule has 0 saturated heterocycles. The molecule has 4 aromatic rings. The maximum atomic E-state index is 11.3. The molecule has 2 aromatic heterocycles. The maximum Gasteiger partial charge on any atom is 0.417 e. The van der Waals surface area contributed by atoms with Crippen molar-refractivity contribution in [3.8, 4) is 6.01 Å². The molecule has 0 aliphatic rings. The molecule has 0 amide bonds. The number of aromatic amines is 1. The van der Waals surface area contributed by atoms with Crippen molar-refractivity contribution >= 4 is 40.3 Å². The van der Waals surface area contributed by atoms with Gasteiger partial charge >= 0.3 is 17.7 Å². The Morgan fingerprint density at radius 3 is 2.62 bits per heavy atom. The quantitative estimate of drug-likeness (QED) is 0.339. The second-order valence-corrected chi connectivity index (χ2v) is 6.04. The van der Waals surface area contributed by atoms with E-state index >= 15 is 0 Å². The number of carboxylic acids is 1. The van der Waals surface area contributed by atoms with Crippen LogP contribution in [0.2, 0.25) is 0 Å². The monoisotopic (exact) mass is 394 g/mol. The third-order valence-electron chi connectivity index (χ3n) is 4.11. The maximum absolute atomic E-state index is 11.3. The fraction of sp³-hybridized carbons (Fsp3) is 0.0556. The van der Waals surface area contributed by atoms with E-state index < -0.39 is 17.7 Å². The van der Waals surface area contributed by atoms with Crippen molar-refractivity contribution in [1.82, 2.24) is 19.9 Å². The smallest absolute Gasteiger partial charge is 0.417 e. The number of nitrogens with zero attached hydrogens (tertiary/aromatic N) is 3. The van der Waals surface area contributed by atoms with E-state index in [0.717, 1.165) is 0 Å². The molecular weight excluding hydrogens is 380 g/mol. The largest absolute Gasteiger partial charge is 0.479 e. The first kappa shape index (κ1) is 18.0. The lowest BCUT2D eigenvalue weighted by Crippen LogP contribution is -2.06. The van der Waals surface area contributed by atoms with Gasteiger partial charge in [-0.25, -0.2) is 9.59 Å². The molecule has 0 unspecified atom stereocenters. The average molecular weight is 394 g/mol. The number of aromatic nitrogens is 4. The number of anilines is 4. The number of rotatable bonds is 5. The first-order valence-corrected chi connectivity index (χ1v) is 8.34. The van der Waals surface area contributed by atoms with Gasteiger partial charge in [-0.2, -0.15) is 15.0 Å². The number of fused-ring (bicyclic) bond motifs is 1. The van der Waals surface area contributed by atoms with Gasteiger partial charge in [0.2, 0.25) is 11.9 Å². The Bertz CT molecular complexity index is 1300. The highest BCUT2D eigenvalue weighted by molar-refractivity contribution is 5.91. The lowest BCUT2D eigenvalue weighted by molar-refractivity contribution is 0.0696. The number of hydrogen-bond donors (Lipinski definition) is 5. The zero-order valence-electron chi connectivity index (χ0n) is 14.9. The highest BCUT2D eigenvalue weighted by atomic mass is 16.4. The molecule has 0 radical (unpaired) electrons. The van der Waals surface area contributed by atoms with Gasteiger partial charge in [0, 0.05) is 17.4 Å². The van der Waals surface area contributed by atoms with Gasteiger partial charge in [-0.1, -0.05) is 6.07 Å². The van der Waals surface area contributed by atoms with Crippen molar-refractivity contribution in [2.24, 2.45) is 0 Å². The Morgan fingerprint density at radius 2 is 1.86 bits per heavy atom. The number of aromatic carboxylic acids is 1. The number of hydrogen-bond acceptors (Lipinski definition) is 9. The highest BCUT2D eigenvalue weighted by Crippen LogP contribution is 2.24. The average Bonchev–Trinajstić information content (AvgIpc) is 3.02. The number of H-pyrrole nitrogens is 1. The van der Waals surface area contributed by atoms with Crippen LogP contribution in [-0.2, 0) is 0 Å². The van der Waals surface area contributed by atoms with Crippen molar-refractivity contribution in [2.75, 3.05) is 10.6 Å². The van der Waals surface area contributed by atoms with Crippen LogP contribution in [0.15, 0.2) is 45.6 Å². The van der Waals surface area contributed by atoms with Gasteiger partial charge in [0.15, 0.2) is 5.58 Å². The number of carbonyl (C=O) groups is 1. The molecule has 0 aliphatic carbocycles. The Balaban J connectivity index is 1.63. The summed E-state index contributed by atoms with van der Waals surface area (Å²) in [4.78, 5) is 36.9. The minimum absolute atomic E-state index is 0.0138. The van der Waals surface area contributed by atoms with Crippen molar-refractivity contribution in [3.05, 3.63) is 58.1 Å². The number of nitrogens with one attached hydrogen (secondary N) is 3. The SMILES string of the molecule is Cc1c(Nc2nc(O)nc(Nc3ccc4[nH]c(=O)oc4c3)n2)cccc1C(=O)O. The van der Waals surface area contributed by atoms with E-state index in [1.165, 1.54) is 6.07 Å². The van der Waals surface area contributed by atoms with E-state index in [1.54, 1.807) is 37.3 Å². The Labute approximate surface area is 162 Å². The molecule has 0 atom stereocenters. The van der Waals surface area contributed by atoms with Crippen molar-refractivity contribution in [3.63, 3.8) is 0 Å². The number of oxazole rings is 1. The second kappa shape index (κ2) is 6.96. The Hall–Kier alpha value is -4.41. The van der Waals surface area contributed by atoms with Crippen LogP contribution < -0.4 is 16.4 Å². The van der Waals surface area contributed by atoms with E-state index in [1.807, 2.05) is 0 Å². The fourth-order valence-electron chi connectivity index (χ4n) is 2.75. The molecule has 5 N–H and O–H groups in total. The molecule has 0 fully saturated rings. The number of benzene rings is 2. The van der Waals surface area contributed by atoms with Gasteiger partial charge in [-0.15, -0.1) is 0 Å². The van der Waals surface area contributed by atoms with Crippen LogP contribution >= 0.6 is 0 Å². The fourth-order valence-corrected chi connectivity index (χ4v) is 2.75. The van der Waals surface area contributed by atoms with Gasteiger partial charge in [-0.3, -0.25) is 4.98 Å². The summed E-state index contributed by atoms with van der Waals surface area (Å²) >= 11 is 0. The van der Waals surface area contributed by atoms with E-state index in [4.69, 9.17) is 4.42 Å². The summed E-state index contributed by atoms with van der Waals surface area (Å²) in [6.45, 7) is 1.64. The predicted octanol–water partition coefficient (Wildman–Crippen LogP) is 2.51. The highest BCUT2D eigenvalue weighted by Gasteiger charge is 2.13. The summed E-state index contributed by atoms with van der Waals surface area (Å²) in [6.07, 6.45) is 0. The molecule has 0 spiro atoms. The van der Waals surface area contributed by atoms with E-state index in [2.05, 4.69) is 30.6 Å². The second-order valence-electron chi connectivity index (χ2n) is 6.04. The summed E-state index contributed by atoms with van der Waals surface area (Å²) < 4.78 is 5.00. The summed E-state index contributed by atoms with van der Waals surface area (Å²) in [5.41, 5.74) is 2.49. The standard InChI is InChI=1S/C18H14N6O5/c1-8-10(14(25)26)3-2-4-11(8)20-16-22-15(23-17(27)24-16)19-9-5-6-12-13(7-9)29-18(28)21-12/h2-7H,1H3,(H,21,28)(H,25,26)(H3,19,20,22,23,24,27). The Morgan fingerprint density at radius 1 is 1.10 bits per heavy atom. The van der Waals surface area contributed by atoms with Crippen molar-refractivity contribution in [1.29, 1.82) is 0 Å². The molecule has 2 heterocycles. The zero-order valence-corrected chi connectivity index (χ0v) is 14.9. The molecule has 0 aliphatic heterocycles. The van der Waals surface area contributed by atoms with Crippen LogP contribution in [0.4, 0.5) is 23.3 Å². The van der Waals surface area contributed by atoms with Crippen LogP contribution in [0.3, 0.4) is 0 Å². The van der Waals surface area contributed by atoms with E-state index in [0.29, 0.717) is 28.0 Å². The molecular formula is C18H14N6O5. The third kappa shape index (κ3) is 3.69. The summed E-state index contributed by atoms with van der Waals surface area (Å²) in [5, 5.41) is 24.8. The first-order chi connectivity index (χ1) is 13.9. The van der Waals surface area contributed by atoms with Gasteiger partial charge < -0.3 is 25.3 Å². The van der Waals surface area contributed by atoms with Crippen LogP contribution in [0, 0.1) is 6.92 Å². The molecule has 29 heavy (non-hydrogen) atoms. The van der Waals surface area contributed by atoms with Crippen molar-refractivity contribution < 1.29 is 19.4 Å². The summed E-state index contributed by atoms with van der Waals surface area (Å²) in [7, 11) is 0. The van der Waals surface area contributed by atoms with E-state index in [9.17, 15) is 19.8 Å². The van der Waals surface area contributed by atoms with Crippen LogP contribution in [0.1, 0.15) is 15.9 Å². The van der Waals surface area contributed by atoms with Crippen LogP contribution in [0.5, 0.6) is 6.01 Å². The van der Waals surface area contributed by atoms with Crippen LogP contribution in [0.25, 0.3) is 11.1 Å². The molecule has 4 rings (SSSR count). The van der Waals surface area contributed by atoms with Gasteiger partial charge in [0.05, 0.1) is 11.1 Å². The predicted molar refractivity (Wildman–Crippen MR) is 103 cm³/mol. The topological polar surface area (TPSA) is 166 Å². The van der Waals surface area contributed by atoms with Gasteiger partial charge in [0.1, 0.15) is 0 Å². The third-order valence-corrected chi connectivity index (χ3v) is 4.11. The molecule has 11 heteroatoms. The minimum Gasteiger partial charge on any atom is -0.479 e. The minimum atomic E-state index is -1.06. The van der Waals surface area contributed by atoms with Gasteiger partial charge in [-0.05, 0) is 36.8 Å². The molecule has 2 aromatic carbocycles. The lowest BCUT2D eigenvalue weighted by atomic mass is 10.1. The molecule has 11 nitrogen and oxygen atoms in total. The van der Waals surface area contributed by atoms with Gasteiger partial charge in [0.25, 0.3) is 0 Å². The summed E-state index contributed by atoms with van der Waals surface area (Å²) in [5.74, 6) is -1.58. The number of aromatic hydroxyl groups is 1. The zero-order chi connectivity index (χ0) is 20.5. The molecule has 146 valence electrons. The van der Waals surface area contributed by atoms with E-state index in [-0.39, 0.29) is 17.5 Å².